The fraction of sp³-hybridized carbons (Fsp3) is 0.231. The molecule has 0 aliphatic heterocycles. The van der Waals surface area contributed by atoms with Gasteiger partial charge in [0.15, 0.2) is 0 Å². The molecule has 0 aliphatic carbocycles. The van der Waals surface area contributed by atoms with Crippen molar-refractivity contribution >= 4 is 22.9 Å². The Hall–Kier alpha value is -0.930. The normalized spacial score (nSPS) is 12.7. The molecule has 17 heavy (non-hydrogen) atoms. The van der Waals surface area contributed by atoms with Crippen LogP contribution in [0.4, 0.5) is 8.78 Å². The first-order chi connectivity index (χ1) is 8.08. The van der Waals surface area contributed by atoms with Gasteiger partial charge in [-0.1, -0.05) is 6.07 Å². The third kappa shape index (κ3) is 2.85. The van der Waals surface area contributed by atoms with Gasteiger partial charge in [-0.15, -0.1) is 11.6 Å². The molecule has 1 heterocycles. The van der Waals surface area contributed by atoms with E-state index in [1.807, 2.05) is 17.7 Å². The number of hydrogen-bond donors (Lipinski definition) is 0. The van der Waals surface area contributed by atoms with Gasteiger partial charge >= 0.3 is 0 Å². The van der Waals surface area contributed by atoms with Crippen molar-refractivity contribution < 1.29 is 8.78 Å². The second-order valence-corrected chi connectivity index (χ2v) is 5.19. The number of aryl methyl sites for hydroxylation is 1. The number of alkyl halides is 1. The van der Waals surface area contributed by atoms with Gasteiger partial charge in [0.05, 0.1) is 5.38 Å². The van der Waals surface area contributed by atoms with Crippen LogP contribution in [0.25, 0.3) is 0 Å². The largest absolute Gasteiger partial charge is 0.207 e. The summed E-state index contributed by atoms with van der Waals surface area (Å²) in [6, 6.07) is 3.59. The highest BCUT2D eigenvalue weighted by Gasteiger charge is 2.14. The van der Waals surface area contributed by atoms with Gasteiger partial charge < -0.3 is 0 Å². The van der Waals surface area contributed by atoms with Crippen LogP contribution in [0.15, 0.2) is 29.0 Å². The fourth-order valence-electron chi connectivity index (χ4n) is 1.68. The summed E-state index contributed by atoms with van der Waals surface area (Å²) in [6.45, 7) is 1.97. The van der Waals surface area contributed by atoms with E-state index in [-0.39, 0.29) is 5.38 Å². The number of thiophene rings is 1. The molecule has 0 amide bonds. The fourth-order valence-corrected chi connectivity index (χ4v) is 3.06. The molecular formula is C13H11ClF2S. The Kier molecular flexibility index (Phi) is 3.79. The minimum absolute atomic E-state index is 0.277. The first-order valence-electron chi connectivity index (χ1n) is 5.18. The molecule has 0 nitrogen and oxygen atoms in total. The van der Waals surface area contributed by atoms with Crippen LogP contribution >= 0.6 is 22.9 Å². The lowest BCUT2D eigenvalue weighted by Crippen LogP contribution is -1.99. The zero-order chi connectivity index (χ0) is 12.4. The van der Waals surface area contributed by atoms with Crippen LogP contribution in [-0.4, -0.2) is 0 Å². The van der Waals surface area contributed by atoms with E-state index in [1.165, 1.54) is 12.1 Å². The van der Waals surface area contributed by atoms with Crippen molar-refractivity contribution in [2.24, 2.45) is 0 Å². The van der Waals surface area contributed by atoms with Gasteiger partial charge in [0, 0.05) is 6.07 Å². The molecule has 1 unspecified atom stereocenters. The van der Waals surface area contributed by atoms with Crippen LogP contribution in [0, 0.1) is 18.6 Å². The summed E-state index contributed by atoms with van der Waals surface area (Å²) in [5.74, 6) is -1.10. The maximum atomic E-state index is 13.5. The molecule has 4 heteroatoms. The average molecular weight is 273 g/mol. The molecule has 2 aromatic rings. The number of hydrogen-bond acceptors (Lipinski definition) is 1. The van der Waals surface area contributed by atoms with Gasteiger partial charge in [0.1, 0.15) is 11.6 Å². The minimum Gasteiger partial charge on any atom is -0.207 e. The molecule has 1 aromatic heterocycles. The quantitative estimate of drug-likeness (QED) is 0.700. The van der Waals surface area contributed by atoms with E-state index >= 15 is 0 Å². The average Bonchev–Trinajstić information content (AvgIpc) is 2.68. The standard InChI is InChI=1S/C13H11ClF2S/c1-8-6-17-7-11(8)12(14)4-9-2-3-10(15)5-13(9)16/h2-3,5-7,12H,4H2,1H3. The molecule has 0 saturated heterocycles. The van der Waals surface area contributed by atoms with Gasteiger partial charge in [-0.2, -0.15) is 11.3 Å². The molecule has 0 aliphatic rings. The molecule has 1 aromatic carbocycles. The van der Waals surface area contributed by atoms with Gasteiger partial charge in [-0.3, -0.25) is 0 Å². The first-order valence-corrected chi connectivity index (χ1v) is 6.56. The number of rotatable bonds is 3. The van der Waals surface area contributed by atoms with Crippen LogP contribution in [0.2, 0.25) is 0 Å². The third-order valence-corrected chi connectivity index (χ3v) is 3.92. The van der Waals surface area contributed by atoms with Gasteiger partial charge in [0.25, 0.3) is 0 Å². The van der Waals surface area contributed by atoms with Crippen molar-refractivity contribution in [3.05, 3.63) is 57.3 Å². The van der Waals surface area contributed by atoms with Crippen LogP contribution < -0.4 is 0 Å². The molecule has 0 N–H and O–H groups in total. The Balaban J connectivity index is 2.19. The molecule has 1 atom stereocenters. The topological polar surface area (TPSA) is 0 Å². The van der Waals surface area contributed by atoms with E-state index in [4.69, 9.17) is 11.6 Å². The Morgan fingerprint density at radius 3 is 2.65 bits per heavy atom. The van der Waals surface area contributed by atoms with E-state index in [2.05, 4.69) is 0 Å². The van der Waals surface area contributed by atoms with E-state index in [0.717, 1.165) is 17.2 Å². The zero-order valence-electron chi connectivity index (χ0n) is 9.21. The highest BCUT2D eigenvalue weighted by Crippen LogP contribution is 2.30. The number of halogens is 3. The van der Waals surface area contributed by atoms with Crippen molar-refractivity contribution in [2.45, 2.75) is 18.7 Å². The van der Waals surface area contributed by atoms with Gasteiger partial charge in [-0.25, -0.2) is 8.78 Å². The highest BCUT2D eigenvalue weighted by molar-refractivity contribution is 7.08. The predicted octanol–water partition coefficient (Wildman–Crippen LogP) is 4.86. The lowest BCUT2D eigenvalue weighted by Gasteiger charge is -2.10. The maximum absolute atomic E-state index is 13.5. The Bertz CT molecular complexity index is 522. The smallest absolute Gasteiger partial charge is 0.129 e. The van der Waals surface area contributed by atoms with Crippen LogP contribution in [0.1, 0.15) is 22.1 Å². The molecule has 2 rings (SSSR count). The summed E-state index contributed by atoms with van der Waals surface area (Å²) >= 11 is 7.82. The van der Waals surface area contributed by atoms with E-state index in [1.54, 1.807) is 11.3 Å². The maximum Gasteiger partial charge on any atom is 0.129 e. The van der Waals surface area contributed by atoms with Crippen LogP contribution in [-0.2, 0) is 6.42 Å². The van der Waals surface area contributed by atoms with Crippen LogP contribution in [0.3, 0.4) is 0 Å². The van der Waals surface area contributed by atoms with Crippen molar-refractivity contribution in [3.8, 4) is 0 Å². The molecule has 0 spiro atoms. The molecule has 90 valence electrons. The minimum atomic E-state index is -0.566. The second-order valence-electron chi connectivity index (χ2n) is 3.92. The van der Waals surface area contributed by atoms with Crippen molar-refractivity contribution in [1.82, 2.24) is 0 Å². The van der Waals surface area contributed by atoms with Crippen molar-refractivity contribution in [3.63, 3.8) is 0 Å². The Labute approximate surface area is 108 Å². The first kappa shape index (κ1) is 12.5. The summed E-state index contributed by atoms with van der Waals surface area (Å²) in [6.07, 6.45) is 0.366. The summed E-state index contributed by atoms with van der Waals surface area (Å²) in [5, 5.41) is 3.70. The lowest BCUT2D eigenvalue weighted by molar-refractivity contribution is 0.570. The van der Waals surface area contributed by atoms with Gasteiger partial charge in [-0.05, 0) is 46.9 Å². The summed E-state index contributed by atoms with van der Waals surface area (Å²) in [5.41, 5.74) is 2.56. The molecule has 0 bridgehead atoms. The summed E-state index contributed by atoms with van der Waals surface area (Å²) in [4.78, 5) is 0. The third-order valence-electron chi connectivity index (χ3n) is 2.65. The summed E-state index contributed by atoms with van der Waals surface area (Å²) in [7, 11) is 0. The lowest BCUT2D eigenvalue weighted by atomic mass is 10.0. The molecule has 0 saturated carbocycles. The molecular weight excluding hydrogens is 262 g/mol. The predicted molar refractivity (Wildman–Crippen MR) is 67.7 cm³/mol. The highest BCUT2D eigenvalue weighted by atomic mass is 35.5. The monoisotopic (exact) mass is 272 g/mol. The van der Waals surface area contributed by atoms with Crippen molar-refractivity contribution in [1.29, 1.82) is 0 Å². The number of benzene rings is 1. The van der Waals surface area contributed by atoms with Crippen molar-refractivity contribution in [2.75, 3.05) is 0 Å². The molecule has 0 fully saturated rings. The van der Waals surface area contributed by atoms with E-state index in [9.17, 15) is 8.78 Å². The zero-order valence-corrected chi connectivity index (χ0v) is 10.8. The van der Waals surface area contributed by atoms with Gasteiger partial charge in [0.2, 0.25) is 0 Å². The molecule has 0 radical (unpaired) electrons. The second kappa shape index (κ2) is 5.15. The summed E-state index contributed by atoms with van der Waals surface area (Å²) < 4.78 is 26.2. The van der Waals surface area contributed by atoms with E-state index in [0.29, 0.717) is 12.0 Å². The Morgan fingerprint density at radius 1 is 1.29 bits per heavy atom. The Morgan fingerprint density at radius 2 is 2.06 bits per heavy atom. The van der Waals surface area contributed by atoms with E-state index < -0.39 is 11.6 Å². The van der Waals surface area contributed by atoms with Crippen LogP contribution in [0.5, 0.6) is 0 Å². The SMILES string of the molecule is Cc1cscc1C(Cl)Cc1ccc(F)cc1F.